The van der Waals surface area contributed by atoms with Crippen molar-refractivity contribution in [3.8, 4) is 6.07 Å². The Kier molecular flexibility index (Phi) is 2.91. The van der Waals surface area contributed by atoms with Crippen LogP contribution in [0.25, 0.3) is 0 Å². The molecule has 0 heterocycles. The van der Waals surface area contributed by atoms with Gasteiger partial charge in [0, 0.05) is 19.5 Å². The second kappa shape index (κ2) is 4.28. The zero-order valence-corrected chi connectivity index (χ0v) is 11.0. The van der Waals surface area contributed by atoms with Crippen molar-refractivity contribution in [2.45, 2.75) is 44.9 Å². The van der Waals surface area contributed by atoms with E-state index in [0.717, 1.165) is 30.7 Å². The Morgan fingerprint density at radius 1 is 1.29 bits per heavy atom. The number of hydrogen-bond acceptors (Lipinski definition) is 2. The maximum absolute atomic E-state index is 8.86. The fourth-order valence-corrected chi connectivity index (χ4v) is 4.37. The van der Waals surface area contributed by atoms with Gasteiger partial charge in [-0.1, -0.05) is 6.42 Å². The molecule has 0 aliphatic heterocycles. The Balaban J connectivity index is 1.48. The van der Waals surface area contributed by atoms with E-state index < -0.39 is 0 Å². The van der Waals surface area contributed by atoms with Gasteiger partial charge in [0.15, 0.2) is 0 Å². The largest absolute Gasteiger partial charge is 0.305 e. The molecule has 0 aromatic carbocycles. The van der Waals surface area contributed by atoms with Crippen molar-refractivity contribution in [1.82, 2.24) is 4.90 Å². The molecule has 3 aliphatic carbocycles. The van der Waals surface area contributed by atoms with Crippen LogP contribution in [-0.4, -0.2) is 25.0 Å². The number of rotatable bonds is 5. The minimum absolute atomic E-state index is 0.390. The van der Waals surface area contributed by atoms with Crippen molar-refractivity contribution in [1.29, 1.82) is 5.26 Å². The van der Waals surface area contributed by atoms with Crippen molar-refractivity contribution in [3.05, 3.63) is 0 Å². The second-order valence-electron chi connectivity index (χ2n) is 6.97. The molecule has 3 aliphatic rings. The summed E-state index contributed by atoms with van der Waals surface area (Å²) in [5.74, 6) is 3.07. The summed E-state index contributed by atoms with van der Waals surface area (Å²) in [6, 6.07) is 2.37. The lowest BCUT2D eigenvalue weighted by Crippen LogP contribution is -2.33. The van der Waals surface area contributed by atoms with Gasteiger partial charge >= 0.3 is 0 Å². The first kappa shape index (κ1) is 11.5. The first-order valence-electron chi connectivity index (χ1n) is 7.26. The van der Waals surface area contributed by atoms with Crippen molar-refractivity contribution >= 4 is 0 Å². The maximum atomic E-state index is 8.86. The fraction of sp³-hybridized carbons (Fsp3) is 0.933. The van der Waals surface area contributed by atoms with Crippen molar-refractivity contribution in [3.63, 3.8) is 0 Å². The van der Waals surface area contributed by atoms with Gasteiger partial charge in [0.1, 0.15) is 0 Å². The molecule has 0 spiro atoms. The second-order valence-corrected chi connectivity index (χ2v) is 6.97. The predicted molar refractivity (Wildman–Crippen MR) is 68.3 cm³/mol. The molecule has 0 amide bonds. The van der Waals surface area contributed by atoms with E-state index in [2.05, 4.69) is 18.0 Å². The molecule has 3 unspecified atom stereocenters. The van der Waals surface area contributed by atoms with E-state index in [1.54, 1.807) is 0 Å². The van der Waals surface area contributed by atoms with Gasteiger partial charge in [-0.3, -0.25) is 0 Å². The minimum atomic E-state index is 0.390. The standard InChI is InChI=1S/C15H24N2/c1-17(11-15(4-5-15)6-7-16)10-14-9-12-2-3-13(14)8-12/h12-14H,2-6,8-11H2,1H3. The van der Waals surface area contributed by atoms with Gasteiger partial charge in [-0.05, 0) is 62.3 Å². The first-order chi connectivity index (χ1) is 8.21. The Labute approximate surface area is 105 Å². The zero-order chi connectivity index (χ0) is 11.9. The molecule has 3 atom stereocenters. The third-order valence-corrected chi connectivity index (χ3v) is 5.45. The summed E-state index contributed by atoms with van der Waals surface area (Å²) in [7, 11) is 2.27. The Morgan fingerprint density at radius 3 is 2.65 bits per heavy atom. The van der Waals surface area contributed by atoms with Crippen LogP contribution in [0, 0.1) is 34.5 Å². The third-order valence-electron chi connectivity index (χ3n) is 5.45. The van der Waals surface area contributed by atoms with Crippen LogP contribution in [-0.2, 0) is 0 Å². The average Bonchev–Trinajstić information content (AvgIpc) is 2.75. The smallest absolute Gasteiger partial charge is 0.0628 e. The summed E-state index contributed by atoms with van der Waals surface area (Å²) in [4.78, 5) is 2.52. The van der Waals surface area contributed by atoms with Gasteiger partial charge in [-0.15, -0.1) is 0 Å². The van der Waals surface area contributed by atoms with Crippen LogP contribution < -0.4 is 0 Å². The minimum Gasteiger partial charge on any atom is -0.305 e. The summed E-state index contributed by atoms with van der Waals surface area (Å²) in [6.07, 6.45) is 9.33. The number of fused-ring (bicyclic) bond motifs is 2. The van der Waals surface area contributed by atoms with E-state index >= 15 is 0 Å². The molecule has 0 saturated heterocycles. The van der Waals surface area contributed by atoms with Crippen molar-refractivity contribution in [2.75, 3.05) is 20.1 Å². The predicted octanol–water partition coefficient (Wildman–Crippen LogP) is 3.05. The molecule has 2 bridgehead atoms. The number of nitrogens with zero attached hydrogens (tertiary/aromatic N) is 2. The topological polar surface area (TPSA) is 27.0 Å². The zero-order valence-electron chi connectivity index (χ0n) is 11.0. The van der Waals surface area contributed by atoms with E-state index in [1.165, 1.54) is 45.1 Å². The molecule has 0 N–H and O–H groups in total. The van der Waals surface area contributed by atoms with E-state index in [1.807, 2.05) is 0 Å². The van der Waals surface area contributed by atoms with Gasteiger partial charge in [-0.2, -0.15) is 5.26 Å². The normalized spacial score (nSPS) is 37.4. The molecule has 3 rings (SSSR count). The summed E-state index contributed by atoms with van der Waals surface area (Å²) in [6.45, 7) is 2.45. The van der Waals surface area contributed by atoms with Crippen LogP contribution in [0.5, 0.6) is 0 Å². The number of hydrogen-bond donors (Lipinski definition) is 0. The molecule has 0 aromatic rings. The molecule has 0 aromatic heterocycles. The summed E-state index contributed by atoms with van der Waals surface area (Å²) < 4.78 is 0. The first-order valence-corrected chi connectivity index (χ1v) is 7.26. The SMILES string of the molecule is CN(CC1CC2CCC1C2)CC1(CC#N)CC1. The van der Waals surface area contributed by atoms with Crippen molar-refractivity contribution in [2.24, 2.45) is 23.2 Å². The Morgan fingerprint density at radius 2 is 2.12 bits per heavy atom. The van der Waals surface area contributed by atoms with Crippen LogP contribution in [0.3, 0.4) is 0 Å². The highest BCUT2D eigenvalue weighted by Gasteiger charge is 2.44. The molecule has 17 heavy (non-hydrogen) atoms. The highest BCUT2D eigenvalue weighted by atomic mass is 15.1. The fourth-order valence-electron chi connectivity index (χ4n) is 4.37. The van der Waals surface area contributed by atoms with Gasteiger partial charge in [-0.25, -0.2) is 0 Å². The van der Waals surface area contributed by atoms with Crippen LogP contribution in [0.15, 0.2) is 0 Å². The van der Waals surface area contributed by atoms with Crippen LogP contribution in [0.1, 0.15) is 44.9 Å². The highest BCUT2D eigenvalue weighted by Crippen LogP contribution is 2.51. The van der Waals surface area contributed by atoms with E-state index in [-0.39, 0.29) is 0 Å². The van der Waals surface area contributed by atoms with Crippen LogP contribution >= 0.6 is 0 Å². The summed E-state index contributed by atoms with van der Waals surface area (Å²) in [5, 5.41) is 8.86. The monoisotopic (exact) mass is 232 g/mol. The van der Waals surface area contributed by atoms with Gasteiger partial charge < -0.3 is 4.90 Å². The van der Waals surface area contributed by atoms with Gasteiger partial charge in [0.25, 0.3) is 0 Å². The molecule has 2 nitrogen and oxygen atoms in total. The van der Waals surface area contributed by atoms with E-state index in [4.69, 9.17) is 5.26 Å². The summed E-state index contributed by atoms with van der Waals surface area (Å²) in [5.41, 5.74) is 0.390. The number of nitriles is 1. The molecule has 0 radical (unpaired) electrons. The van der Waals surface area contributed by atoms with Gasteiger partial charge in [0.05, 0.1) is 6.07 Å². The van der Waals surface area contributed by atoms with Crippen molar-refractivity contribution < 1.29 is 0 Å². The quantitative estimate of drug-likeness (QED) is 0.728. The van der Waals surface area contributed by atoms with Gasteiger partial charge in [0.2, 0.25) is 0 Å². The molecule has 3 saturated carbocycles. The molecular formula is C15H24N2. The highest BCUT2D eigenvalue weighted by molar-refractivity contribution is 5.01. The lowest BCUT2D eigenvalue weighted by molar-refractivity contribution is 0.191. The molecular weight excluding hydrogens is 208 g/mol. The Bertz CT molecular complexity index is 326. The van der Waals surface area contributed by atoms with E-state index in [9.17, 15) is 0 Å². The van der Waals surface area contributed by atoms with Crippen LogP contribution in [0.4, 0.5) is 0 Å². The third kappa shape index (κ3) is 2.36. The molecule has 3 fully saturated rings. The average molecular weight is 232 g/mol. The lowest BCUT2D eigenvalue weighted by atomic mass is 9.88. The Hall–Kier alpha value is -0.550. The summed E-state index contributed by atoms with van der Waals surface area (Å²) >= 11 is 0. The van der Waals surface area contributed by atoms with E-state index in [0.29, 0.717) is 5.41 Å². The maximum Gasteiger partial charge on any atom is 0.0628 e. The lowest BCUT2D eigenvalue weighted by Gasteiger charge is -2.29. The molecule has 2 heteroatoms. The van der Waals surface area contributed by atoms with Crippen LogP contribution in [0.2, 0.25) is 0 Å². The molecule has 94 valence electrons.